The van der Waals surface area contributed by atoms with Crippen LogP contribution in [-0.2, 0) is 31.8 Å². The minimum atomic E-state index is -6.09. The zero-order valence-corrected chi connectivity index (χ0v) is 30.7. The number of hydrogen-bond donors (Lipinski definition) is 0. The largest absolute Gasteiger partial charge is 0.741 e. The van der Waals surface area contributed by atoms with Crippen LogP contribution in [0.1, 0.15) is 0 Å². The summed E-state index contributed by atoms with van der Waals surface area (Å²) in [5.74, 6) is -7.98. The highest BCUT2D eigenvalue weighted by molar-refractivity contribution is 7.97. The molecular formula is C38H25F11O4S3. The minimum Gasteiger partial charge on any atom is -0.741 e. The summed E-state index contributed by atoms with van der Waals surface area (Å²) in [7, 11) is -10.3. The molecule has 1 unspecified atom stereocenters. The summed E-state index contributed by atoms with van der Waals surface area (Å²) in [5.41, 5.74) is -5.65. The minimum absolute atomic E-state index is 0. The topological polar surface area (TPSA) is 74.3 Å². The van der Waals surface area contributed by atoms with Gasteiger partial charge in [-0.3, -0.25) is 0 Å². The van der Waals surface area contributed by atoms with E-state index in [1.807, 2.05) is 42.5 Å². The van der Waals surface area contributed by atoms with Crippen LogP contribution in [0.2, 0.25) is 0 Å². The van der Waals surface area contributed by atoms with Crippen molar-refractivity contribution in [3.8, 4) is 0 Å². The number of halogens is 11. The van der Waals surface area contributed by atoms with E-state index in [0.29, 0.717) is 4.90 Å². The summed E-state index contributed by atoms with van der Waals surface area (Å²) in [4.78, 5) is -2.05. The maximum Gasteiger partial charge on any atom is 0.485 e. The Kier molecular flexibility index (Phi) is 17.8. The van der Waals surface area contributed by atoms with Crippen molar-refractivity contribution in [2.24, 2.45) is 0 Å². The first kappa shape index (κ1) is 47.0. The van der Waals surface area contributed by atoms with Gasteiger partial charge in [-0.15, -0.1) is 0 Å². The van der Waals surface area contributed by atoms with Crippen LogP contribution in [0.5, 0.6) is 0 Å². The Morgan fingerprint density at radius 3 is 1.25 bits per heavy atom. The van der Waals surface area contributed by atoms with E-state index < -0.39 is 93.7 Å². The lowest BCUT2D eigenvalue weighted by atomic mass is 10.3. The molecule has 1 aliphatic carbocycles. The summed E-state index contributed by atoms with van der Waals surface area (Å²) >= 11 is 0. The van der Waals surface area contributed by atoms with Crippen LogP contribution in [0.4, 0.5) is 48.3 Å². The van der Waals surface area contributed by atoms with E-state index in [1.54, 1.807) is 30.3 Å². The van der Waals surface area contributed by atoms with Crippen LogP contribution in [0.15, 0.2) is 170 Å². The van der Waals surface area contributed by atoms with Crippen molar-refractivity contribution in [3.63, 3.8) is 0 Å². The lowest BCUT2D eigenvalue weighted by Crippen LogP contribution is -2.21. The van der Waals surface area contributed by atoms with Gasteiger partial charge in [0.25, 0.3) is 5.83 Å². The highest BCUT2D eigenvalue weighted by Crippen LogP contribution is 2.37. The lowest BCUT2D eigenvalue weighted by molar-refractivity contribution is -0.0517. The number of rotatable bonds is 5. The van der Waals surface area contributed by atoms with Crippen LogP contribution in [0, 0.1) is 48.4 Å². The second-order valence-electron chi connectivity index (χ2n) is 10.1. The van der Waals surface area contributed by atoms with E-state index in [1.165, 1.54) is 12.1 Å². The Balaban J connectivity index is 0.000000289. The first-order valence-corrected chi connectivity index (χ1v) is 18.6. The van der Waals surface area contributed by atoms with Crippen LogP contribution >= 0.6 is 0 Å². The van der Waals surface area contributed by atoms with Gasteiger partial charge in [-0.2, -0.15) is 22.0 Å². The third kappa shape index (κ3) is 12.7. The third-order valence-electron chi connectivity index (χ3n) is 6.32. The summed E-state index contributed by atoms with van der Waals surface area (Å²) in [6.07, 6.45) is 3.75. The van der Waals surface area contributed by atoms with Crippen LogP contribution in [0.3, 0.4) is 0 Å². The predicted octanol–water partition coefficient (Wildman–Crippen LogP) is 11.0. The molecule has 56 heavy (non-hydrogen) atoms. The summed E-state index contributed by atoms with van der Waals surface area (Å²) < 4.78 is 181. The van der Waals surface area contributed by atoms with Crippen molar-refractivity contribution in [1.29, 1.82) is 0 Å². The number of allylic oxidation sites excluding steroid dienone is 5. The smallest absolute Gasteiger partial charge is 0.485 e. The van der Waals surface area contributed by atoms with Crippen molar-refractivity contribution >= 4 is 31.8 Å². The fourth-order valence-electron chi connectivity index (χ4n) is 4.00. The Morgan fingerprint density at radius 2 is 0.911 bits per heavy atom. The zero-order valence-electron chi connectivity index (χ0n) is 28.2. The Hall–Kier alpha value is -5.13. The molecule has 0 heterocycles. The van der Waals surface area contributed by atoms with Crippen LogP contribution < -0.4 is 0 Å². The van der Waals surface area contributed by atoms with Crippen molar-refractivity contribution in [2.45, 2.75) is 25.1 Å². The molecule has 0 bridgehead atoms. The number of hydrogen-bond acceptors (Lipinski definition) is 4. The average molecular weight is 851 g/mol. The molecule has 5 aromatic rings. The second-order valence-corrected chi connectivity index (χ2v) is 14.7. The van der Waals surface area contributed by atoms with E-state index in [0.717, 1.165) is 54.6 Å². The monoisotopic (exact) mass is 850 g/mol. The van der Waals surface area contributed by atoms with Crippen molar-refractivity contribution < 1.29 is 65.5 Å². The predicted molar refractivity (Wildman–Crippen MR) is 188 cm³/mol. The SMILES string of the molecule is Fc1cccc(F)c1[S+](c1ccccc1)c1c(F)cccc1F.O=S(=O)([O-])C(F)(F)F.O=S(C1=C(F)C=C[C+]=C1F)c1c(F)cccc1F.[CH3-].c1ccccc1. The van der Waals surface area contributed by atoms with Gasteiger partial charge in [0.05, 0.1) is 12.2 Å². The van der Waals surface area contributed by atoms with Gasteiger partial charge in [0.2, 0.25) is 14.7 Å². The van der Waals surface area contributed by atoms with E-state index in [2.05, 4.69) is 0 Å². The van der Waals surface area contributed by atoms with Gasteiger partial charge in [0, 0.05) is 0 Å². The van der Waals surface area contributed by atoms with Gasteiger partial charge in [-0.25, -0.2) is 39.0 Å². The standard InChI is InChI=1S/C18H11F4S.C12H5F4OS.C6H6.CHF3O3S.CH3/c19-13-8-4-9-14(20)17(13)23(12-6-2-1-3-7-12)18-15(21)10-5-11-16(18)22;13-7-3-1-4-8(14)11(7)18(17)12-9(15)5-2-6-10(12)16;1-2-4-6-5-3-1;2-1(3,4)8(5,6)7;/h1-11H;1-5H;1-6H;(H,5,6,7);1H3/q2*+1;;;-1/p-1. The normalized spacial score (nSPS) is 12.6. The molecule has 0 amide bonds. The van der Waals surface area contributed by atoms with Gasteiger partial charge in [-0.05, 0) is 48.5 Å². The van der Waals surface area contributed by atoms with Crippen LogP contribution in [0.25, 0.3) is 0 Å². The summed E-state index contributed by atoms with van der Waals surface area (Å²) in [6, 6.07) is 29.8. The molecule has 5 aromatic carbocycles. The van der Waals surface area contributed by atoms with Crippen molar-refractivity contribution in [3.05, 3.63) is 198 Å². The molecule has 0 spiro atoms. The molecule has 18 heteroatoms. The fourth-order valence-corrected chi connectivity index (χ4v) is 7.32. The van der Waals surface area contributed by atoms with Gasteiger partial charge >= 0.3 is 11.3 Å². The molecule has 4 nitrogen and oxygen atoms in total. The Labute approximate surface area is 319 Å². The van der Waals surface area contributed by atoms with E-state index in [4.69, 9.17) is 13.0 Å². The van der Waals surface area contributed by atoms with E-state index >= 15 is 0 Å². The molecule has 296 valence electrons. The average Bonchev–Trinajstić information content (AvgIpc) is 3.12. The molecule has 0 fully saturated rings. The van der Waals surface area contributed by atoms with Crippen molar-refractivity contribution in [2.75, 3.05) is 0 Å². The van der Waals surface area contributed by atoms with Crippen LogP contribution in [-0.4, -0.2) is 22.7 Å². The highest BCUT2D eigenvalue weighted by atomic mass is 32.2. The lowest BCUT2D eigenvalue weighted by Gasteiger charge is -2.10. The molecule has 0 radical (unpaired) electrons. The van der Waals surface area contributed by atoms with E-state index in [-0.39, 0.29) is 17.2 Å². The summed E-state index contributed by atoms with van der Waals surface area (Å²) in [5, 5.41) is 0. The molecule has 0 saturated carbocycles. The molecule has 0 aromatic heterocycles. The molecular weight excluding hydrogens is 826 g/mol. The molecule has 0 saturated heterocycles. The Bertz CT molecular complexity index is 2160. The quantitative estimate of drug-likeness (QED) is 0.0580. The van der Waals surface area contributed by atoms with Gasteiger partial charge in [-0.1, -0.05) is 72.8 Å². The fraction of sp³-hybridized carbons (Fsp3) is 0.0263. The highest BCUT2D eigenvalue weighted by Gasteiger charge is 2.40. The molecule has 6 rings (SSSR count). The maximum atomic E-state index is 14.3. The number of benzene rings is 5. The second kappa shape index (κ2) is 21.2. The van der Waals surface area contributed by atoms with Gasteiger partial charge in [0.1, 0.15) is 33.5 Å². The Morgan fingerprint density at radius 1 is 0.571 bits per heavy atom. The first-order valence-electron chi connectivity index (χ1n) is 14.8. The molecule has 1 aliphatic rings. The summed E-state index contributed by atoms with van der Waals surface area (Å²) in [6.45, 7) is 0. The van der Waals surface area contributed by atoms with Crippen molar-refractivity contribution in [1.82, 2.24) is 0 Å². The molecule has 1 atom stereocenters. The number of alkyl halides is 3. The first-order chi connectivity index (χ1) is 25.9. The van der Waals surface area contributed by atoms with E-state index in [9.17, 15) is 52.5 Å². The zero-order chi connectivity index (χ0) is 40.9. The molecule has 0 N–H and O–H groups in total. The van der Waals surface area contributed by atoms with Gasteiger partial charge in [0.15, 0.2) is 49.1 Å². The molecule has 0 aliphatic heterocycles. The van der Waals surface area contributed by atoms with Gasteiger partial charge < -0.3 is 12.0 Å². The maximum absolute atomic E-state index is 14.3. The third-order valence-corrected chi connectivity index (χ3v) is 10.7.